The van der Waals surface area contributed by atoms with Crippen molar-refractivity contribution in [1.82, 2.24) is 4.98 Å². The van der Waals surface area contributed by atoms with Gasteiger partial charge < -0.3 is 14.5 Å². The first-order valence-corrected chi connectivity index (χ1v) is 8.71. The Bertz CT molecular complexity index is 831. The van der Waals surface area contributed by atoms with Gasteiger partial charge in [0.2, 0.25) is 5.78 Å². The van der Waals surface area contributed by atoms with Gasteiger partial charge >= 0.3 is 11.9 Å². The average molecular weight is 363 g/mol. The molecule has 0 unspecified atom stereocenters. The third kappa shape index (κ3) is 3.99. The number of aryl methyl sites for hydroxylation is 4. The van der Waals surface area contributed by atoms with Crippen molar-refractivity contribution < 1.29 is 23.9 Å². The number of carbonyl (C=O) groups excluding carboxylic acids is 3. The fourth-order valence-electron chi connectivity index (χ4n) is 2.70. The Kier molecular flexibility index (Phi) is 5.79. The molecular weight excluding hydrogens is 342 g/mol. The van der Waals surface area contributed by atoms with Crippen molar-refractivity contribution in [2.24, 2.45) is 0 Å². The number of hydrogen-bond acceptors (Lipinski definition) is 6. The minimum absolute atomic E-state index is 0.197. The number of aromatic nitrogens is 1. The second-order valence-electron chi connectivity index (χ2n) is 5.67. The van der Waals surface area contributed by atoms with Gasteiger partial charge in [0, 0.05) is 21.1 Å². The lowest BCUT2D eigenvalue weighted by Crippen LogP contribution is -2.18. The van der Waals surface area contributed by atoms with Gasteiger partial charge in [-0.05, 0) is 40.7 Å². The predicted molar refractivity (Wildman–Crippen MR) is 94.6 cm³/mol. The number of esters is 2. The van der Waals surface area contributed by atoms with Crippen molar-refractivity contribution in [3.8, 4) is 0 Å². The van der Waals surface area contributed by atoms with Gasteiger partial charge in [-0.25, -0.2) is 9.59 Å². The minimum Gasteiger partial charge on any atom is -0.462 e. The molecule has 0 aliphatic heterocycles. The van der Waals surface area contributed by atoms with E-state index in [1.54, 1.807) is 26.8 Å². The average Bonchev–Trinajstić information content (AvgIpc) is 3.02. The van der Waals surface area contributed by atoms with Crippen LogP contribution in [0.1, 0.15) is 59.1 Å². The zero-order chi connectivity index (χ0) is 18.7. The van der Waals surface area contributed by atoms with Crippen LogP contribution in [0.4, 0.5) is 0 Å². The molecule has 0 radical (unpaired) electrons. The normalized spacial score (nSPS) is 10.6. The highest BCUT2D eigenvalue weighted by Crippen LogP contribution is 2.23. The van der Waals surface area contributed by atoms with Gasteiger partial charge in [-0.2, -0.15) is 0 Å². The lowest BCUT2D eigenvalue weighted by Gasteiger charge is -2.07. The molecule has 0 amide bonds. The number of H-pyrrole nitrogens is 1. The number of ketones is 1. The first-order chi connectivity index (χ1) is 11.8. The van der Waals surface area contributed by atoms with Crippen molar-refractivity contribution in [1.29, 1.82) is 0 Å². The number of rotatable bonds is 6. The van der Waals surface area contributed by atoms with E-state index >= 15 is 0 Å². The molecule has 0 spiro atoms. The SMILES string of the molecule is CCOC(=O)c1c(C)[nH]c(C)c1C(=O)COC(=O)c1cc(C)sc1C. The molecule has 134 valence electrons. The summed E-state index contributed by atoms with van der Waals surface area (Å²) in [5.41, 5.74) is 1.96. The van der Waals surface area contributed by atoms with Crippen LogP contribution in [0.5, 0.6) is 0 Å². The van der Waals surface area contributed by atoms with E-state index in [1.165, 1.54) is 11.3 Å². The van der Waals surface area contributed by atoms with E-state index in [9.17, 15) is 14.4 Å². The fourth-order valence-corrected chi connectivity index (χ4v) is 3.61. The van der Waals surface area contributed by atoms with E-state index in [1.807, 2.05) is 13.8 Å². The van der Waals surface area contributed by atoms with Crippen LogP contribution < -0.4 is 0 Å². The molecule has 0 atom stereocenters. The van der Waals surface area contributed by atoms with Crippen LogP contribution in [0.3, 0.4) is 0 Å². The van der Waals surface area contributed by atoms with Crippen molar-refractivity contribution in [3.05, 3.63) is 43.9 Å². The summed E-state index contributed by atoms with van der Waals surface area (Å²) in [7, 11) is 0. The Morgan fingerprint density at radius 2 is 1.64 bits per heavy atom. The summed E-state index contributed by atoms with van der Waals surface area (Å²) in [6.45, 7) is 8.59. The Morgan fingerprint density at radius 1 is 1.00 bits per heavy atom. The lowest BCUT2D eigenvalue weighted by atomic mass is 10.1. The van der Waals surface area contributed by atoms with Gasteiger partial charge in [-0.3, -0.25) is 4.79 Å². The summed E-state index contributed by atoms with van der Waals surface area (Å²) in [4.78, 5) is 41.6. The number of hydrogen-bond donors (Lipinski definition) is 1. The number of thiophene rings is 1. The topological polar surface area (TPSA) is 85.5 Å². The van der Waals surface area contributed by atoms with Crippen LogP contribution in [-0.4, -0.2) is 35.9 Å². The molecule has 25 heavy (non-hydrogen) atoms. The summed E-state index contributed by atoms with van der Waals surface area (Å²) < 4.78 is 10.2. The van der Waals surface area contributed by atoms with Gasteiger partial charge in [0.1, 0.15) is 0 Å². The van der Waals surface area contributed by atoms with Gasteiger partial charge in [-0.15, -0.1) is 11.3 Å². The Labute approximate surface area is 150 Å². The highest BCUT2D eigenvalue weighted by molar-refractivity contribution is 7.12. The van der Waals surface area contributed by atoms with Gasteiger partial charge in [0.05, 0.1) is 23.3 Å². The molecule has 7 heteroatoms. The third-order valence-electron chi connectivity index (χ3n) is 3.73. The molecular formula is C18H21NO5S. The Balaban J connectivity index is 2.17. The van der Waals surface area contributed by atoms with Crippen LogP contribution in [0.2, 0.25) is 0 Å². The van der Waals surface area contributed by atoms with Crippen LogP contribution in [0, 0.1) is 27.7 Å². The van der Waals surface area contributed by atoms with E-state index in [4.69, 9.17) is 9.47 Å². The summed E-state index contributed by atoms with van der Waals surface area (Å²) in [5.74, 6) is -1.55. The largest absolute Gasteiger partial charge is 0.462 e. The molecule has 2 rings (SSSR count). The van der Waals surface area contributed by atoms with Crippen LogP contribution in [0.15, 0.2) is 6.07 Å². The molecule has 2 aromatic heterocycles. The molecule has 0 aliphatic rings. The third-order valence-corrected chi connectivity index (χ3v) is 4.69. The molecule has 0 saturated carbocycles. The molecule has 0 aromatic carbocycles. The van der Waals surface area contributed by atoms with E-state index in [0.717, 1.165) is 9.75 Å². The number of carbonyl (C=O) groups is 3. The van der Waals surface area contributed by atoms with E-state index in [0.29, 0.717) is 17.0 Å². The molecule has 0 aliphatic carbocycles. The standard InChI is InChI=1S/C18H21NO5S/c1-6-23-18(22)16-11(4)19-10(3)15(16)14(20)8-24-17(21)13-7-9(2)25-12(13)5/h7,19H,6,8H2,1-5H3. The van der Waals surface area contributed by atoms with Crippen molar-refractivity contribution in [2.75, 3.05) is 13.2 Å². The smallest absolute Gasteiger partial charge is 0.340 e. The maximum atomic E-state index is 12.5. The zero-order valence-electron chi connectivity index (χ0n) is 14.9. The zero-order valence-corrected chi connectivity index (χ0v) is 15.8. The van der Waals surface area contributed by atoms with E-state index in [2.05, 4.69) is 4.98 Å². The lowest BCUT2D eigenvalue weighted by molar-refractivity contribution is 0.0472. The second kappa shape index (κ2) is 7.65. The first kappa shape index (κ1) is 18.9. The van der Waals surface area contributed by atoms with Gasteiger partial charge in [0.15, 0.2) is 6.61 Å². The highest BCUT2D eigenvalue weighted by atomic mass is 32.1. The Hall–Kier alpha value is -2.41. The molecule has 2 heterocycles. The van der Waals surface area contributed by atoms with Crippen molar-refractivity contribution in [3.63, 3.8) is 0 Å². The number of aromatic amines is 1. The molecule has 6 nitrogen and oxygen atoms in total. The van der Waals surface area contributed by atoms with Crippen LogP contribution in [0.25, 0.3) is 0 Å². The molecule has 0 bridgehead atoms. The molecule has 0 fully saturated rings. The van der Waals surface area contributed by atoms with Crippen molar-refractivity contribution in [2.45, 2.75) is 34.6 Å². The maximum absolute atomic E-state index is 12.5. The molecule has 2 aromatic rings. The minimum atomic E-state index is -0.566. The van der Waals surface area contributed by atoms with E-state index < -0.39 is 24.3 Å². The molecule has 1 N–H and O–H groups in total. The highest BCUT2D eigenvalue weighted by Gasteiger charge is 2.26. The maximum Gasteiger partial charge on any atom is 0.340 e. The van der Waals surface area contributed by atoms with Gasteiger partial charge in [0.25, 0.3) is 0 Å². The van der Waals surface area contributed by atoms with E-state index in [-0.39, 0.29) is 17.7 Å². The summed E-state index contributed by atoms with van der Waals surface area (Å²) in [6, 6.07) is 1.74. The van der Waals surface area contributed by atoms with Crippen LogP contribution in [-0.2, 0) is 9.47 Å². The second-order valence-corrected chi connectivity index (χ2v) is 7.13. The fraction of sp³-hybridized carbons (Fsp3) is 0.389. The summed E-state index contributed by atoms with van der Waals surface area (Å²) in [6.07, 6.45) is 0. The van der Waals surface area contributed by atoms with Crippen molar-refractivity contribution >= 4 is 29.1 Å². The quantitative estimate of drug-likeness (QED) is 0.627. The van der Waals surface area contributed by atoms with Gasteiger partial charge in [-0.1, -0.05) is 0 Å². The van der Waals surface area contributed by atoms with Crippen LogP contribution >= 0.6 is 11.3 Å². The predicted octanol–water partition coefficient (Wildman–Crippen LogP) is 3.53. The number of Topliss-reactive ketones (excluding diaryl/α,β-unsaturated/α-hetero) is 1. The number of ether oxygens (including phenoxy) is 2. The Morgan fingerprint density at radius 3 is 2.20 bits per heavy atom. The summed E-state index contributed by atoms with van der Waals surface area (Å²) in [5, 5.41) is 0. The first-order valence-electron chi connectivity index (χ1n) is 7.89. The number of nitrogens with one attached hydrogen (secondary N) is 1. The summed E-state index contributed by atoms with van der Waals surface area (Å²) >= 11 is 1.49. The monoisotopic (exact) mass is 363 g/mol. The molecule has 0 saturated heterocycles.